The molecule has 0 bridgehead atoms. The highest BCUT2D eigenvalue weighted by atomic mass is 35.5. The molecular formula is C20H21ClN6O3. The summed E-state index contributed by atoms with van der Waals surface area (Å²) in [6.07, 6.45) is 3.07. The molecule has 0 amide bonds. The Hall–Kier alpha value is -3.33. The van der Waals surface area contributed by atoms with E-state index in [1.165, 1.54) is 6.26 Å². The standard InChI is InChI=1S/C20H21ClN6O3/c1-10(2)30-17-7-16-13(6-15(17)21)5-14(19(28)24-16)12(4)23-20-25-18(9-29-20)27-11(3)8-22-26-27/h5-10,12H,1-4H3,(H,23,25)(H,24,28)/t12-/m0/s1. The van der Waals surface area contributed by atoms with E-state index in [-0.39, 0.29) is 23.7 Å². The topological polar surface area (TPSA) is 111 Å². The Labute approximate surface area is 177 Å². The lowest BCUT2D eigenvalue weighted by Gasteiger charge is -2.15. The summed E-state index contributed by atoms with van der Waals surface area (Å²) >= 11 is 6.34. The van der Waals surface area contributed by atoms with Gasteiger partial charge in [0.15, 0.2) is 5.82 Å². The van der Waals surface area contributed by atoms with Gasteiger partial charge in [-0.05, 0) is 39.8 Å². The molecule has 0 aliphatic rings. The fourth-order valence-corrected chi connectivity index (χ4v) is 3.31. The first kappa shape index (κ1) is 20.0. The van der Waals surface area contributed by atoms with Crippen LogP contribution in [0.25, 0.3) is 16.7 Å². The Morgan fingerprint density at radius 3 is 2.77 bits per heavy atom. The van der Waals surface area contributed by atoms with E-state index in [4.69, 9.17) is 20.8 Å². The Morgan fingerprint density at radius 1 is 1.27 bits per heavy atom. The predicted octanol–water partition coefficient (Wildman–Crippen LogP) is 4.02. The van der Waals surface area contributed by atoms with E-state index in [1.807, 2.05) is 27.7 Å². The molecule has 0 aliphatic carbocycles. The number of oxazole rings is 1. The molecule has 10 heteroatoms. The largest absolute Gasteiger partial charge is 0.489 e. The third-order valence-electron chi connectivity index (χ3n) is 4.52. The number of benzene rings is 1. The predicted molar refractivity (Wildman–Crippen MR) is 114 cm³/mol. The van der Waals surface area contributed by atoms with Crippen molar-refractivity contribution in [2.75, 3.05) is 5.32 Å². The zero-order valence-electron chi connectivity index (χ0n) is 16.9. The number of halogens is 1. The Kier molecular flexibility index (Phi) is 5.21. The van der Waals surface area contributed by atoms with Gasteiger partial charge in [-0.25, -0.2) is 0 Å². The number of anilines is 1. The van der Waals surface area contributed by atoms with Gasteiger partial charge in [0.2, 0.25) is 0 Å². The number of nitrogens with one attached hydrogen (secondary N) is 2. The zero-order chi connectivity index (χ0) is 21.4. The second kappa shape index (κ2) is 7.83. The lowest BCUT2D eigenvalue weighted by Crippen LogP contribution is -2.19. The van der Waals surface area contributed by atoms with E-state index in [0.717, 1.165) is 11.1 Å². The maximum atomic E-state index is 12.7. The van der Waals surface area contributed by atoms with Crippen molar-refractivity contribution in [3.8, 4) is 11.6 Å². The highest BCUT2D eigenvalue weighted by Gasteiger charge is 2.16. The van der Waals surface area contributed by atoms with Crippen LogP contribution in [0.15, 0.2) is 39.9 Å². The van der Waals surface area contributed by atoms with Crippen LogP contribution in [0.5, 0.6) is 5.75 Å². The van der Waals surface area contributed by atoms with Gasteiger partial charge in [0.05, 0.1) is 34.6 Å². The first-order valence-corrected chi connectivity index (χ1v) is 9.82. The Bertz CT molecular complexity index is 1260. The molecule has 0 aliphatic heterocycles. The monoisotopic (exact) mass is 428 g/mol. The minimum absolute atomic E-state index is 0.0258. The maximum absolute atomic E-state index is 12.7. The van der Waals surface area contributed by atoms with Crippen LogP contribution >= 0.6 is 11.6 Å². The average Bonchev–Trinajstić information content (AvgIpc) is 3.30. The summed E-state index contributed by atoms with van der Waals surface area (Å²) in [4.78, 5) is 19.9. The Morgan fingerprint density at radius 2 is 2.07 bits per heavy atom. The van der Waals surface area contributed by atoms with Crippen molar-refractivity contribution in [1.82, 2.24) is 25.0 Å². The lowest BCUT2D eigenvalue weighted by atomic mass is 10.1. The third kappa shape index (κ3) is 3.88. The van der Waals surface area contributed by atoms with Crippen LogP contribution in [-0.4, -0.2) is 31.1 Å². The molecule has 0 saturated carbocycles. The summed E-state index contributed by atoms with van der Waals surface area (Å²) < 4.78 is 12.7. The van der Waals surface area contributed by atoms with Crippen LogP contribution in [0.4, 0.5) is 6.01 Å². The fourth-order valence-electron chi connectivity index (χ4n) is 3.09. The highest BCUT2D eigenvalue weighted by Crippen LogP contribution is 2.30. The molecule has 3 heterocycles. The molecule has 1 aromatic carbocycles. The van der Waals surface area contributed by atoms with Gasteiger partial charge < -0.3 is 19.5 Å². The van der Waals surface area contributed by atoms with Gasteiger partial charge in [-0.3, -0.25) is 4.79 Å². The van der Waals surface area contributed by atoms with Crippen molar-refractivity contribution in [2.24, 2.45) is 0 Å². The number of aryl methyl sites for hydroxylation is 1. The van der Waals surface area contributed by atoms with Crippen molar-refractivity contribution < 1.29 is 9.15 Å². The number of pyridine rings is 1. The number of rotatable bonds is 6. The summed E-state index contributed by atoms with van der Waals surface area (Å²) in [5, 5.41) is 12.2. The summed E-state index contributed by atoms with van der Waals surface area (Å²) in [7, 11) is 0. The van der Waals surface area contributed by atoms with E-state index in [0.29, 0.717) is 27.7 Å². The van der Waals surface area contributed by atoms with E-state index in [9.17, 15) is 4.79 Å². The van der Waals surface area contributed by atoms with E-state index in [1.54, 1.807) is 29.1 Å². The molecule has 0 fully saturated rings. The van der Waals surface area contributed by atoms with Gasteiger partial charge in [0, 0.05) is 17.0 Å². The minimum atomic E-state index is -0.369. The molecule has 0 saturated heterocycles. The maximum Gasteiger partial charge on any atom is 0.297 e. The number of hydrogen-bond acceptors (Lipinski definition) is 7. The van der Waals surface area contributed by atoms with E-state index < -0.39 is 0 Å². The molecule has 156 valence electrons. The zero-order valence-corrected chi connectivity index (χ0v) is 17.7. The molecule has 4 rings (SSSR count). The minimum Gasteiger partial charge on any atom is -0.489 e. The van der Waals surface area contributed by atoms with Crippen LogP contribution in [0.3, 0.4) is 0 Å². The molecule has 4 aromatic rings. The van der Waals surface area contributed by atoms with Crippen molar-refractivity contribution in [2.45, 2.75) is 39.8 Å². The lowest BCUT2D eigenvalue weighted by molar-refractivity contribution is 0.243. The van der Waals surface area contributed by atoms with Crippen LogP contribution < -0.4 is 15.6 Å². The van der Waals surface area contributed by atoms with Gasteiger partial charge in [0.25, 0.3) is 11.6 Å². The quantitative estimate of drug-likeness (QED) is 0.477. The summed E-state index contributed by atoms with van der Waals surface area (Å²) in [5.74, 6) is 1.03. The summed E-state index contributed by atoms with van der Waals surface area (Å²) in [5.41, 5.74) is 1.77. The molecule has 0 radical (unpaired) electrons. The first-order chi connectivity index (χ1) is 14.3. The van der Waals surface area contributed by atoms with E-state index >= 15 is 0 Å². The SMILES string of the molecule is Cc1cnnn1-c1coc(N[C@@H](C)c2cc3cc(Cl)c(OC(C)C)cc3[nH]c2=O)n1. The second-order valence-corrected chi connectivity index (χ2v) is 7.66. The van der Waals surface area contributed by atoms with Crippen molar-refractivity contribution in [3.63, 3.8) is 0 Å². The number of nitrogens with zero attached hydrogens (tertiary/aromatic N) is 4. The number of aromatic amines is 1. The van der Waals surface area contributed by atoms with Crippen molar-refractivity contribution in [1.29, 1.82) is 0 Å². The molecule has 0 unspecified atom stereocenters. The molecule has 9 nitrogen and oxygen atoms in total. The number of aromatic nitrogens is 5. The van der Waals surface area contributed by atoms with Crippen LogP contribution in [0.2, 0.25) is 5.02 Å². The van der Waals surface area contributed by atoms with Crippen LogP contribution in [0, 0.1) is 6.92 Å². The summed E-state index contributed by atoms with van der Waals surface area (Å²) in [6.45, 7) is 7.54. The van der Waals surface area contributed by atoms with Crippen LogP contribution in [-0.2, 0) is 0 Å². The number of ether oxygens (including phenoxy) is 1. The number of hydrogen-bond donors (Lipinski definition) is 2. The molecule has 2 N–H and O–H groups in total. The van der Waals surface area contributed by atoms with E-state index in [2.05, 4.69) is 25.6 Å². The van der Waals surface area contributed by atoms with Crippen LogP contribution in [0.1, 0.15) is 38.1 Å². The smallest absolute Gasteiger partial charge is 0.297 e. The molecule has 3 aromatic heterocycles. The molecular weight excluding hydrogens is 408 g/mol. The van der Waals surface area contributed by atoms with Gasteiger partial charge >= 0.3 is 0 Å². The number of H-pyrrole nitrogens is 1. The Balaban J connectivity index is 1.61. The van der Waals surface area contributed by atoms with Crippen molar-refractivity contribution >= 4 is 28.5 Å². The third-order valence-corrected chi connectivity index (χ3v) is 4.82. The fraction of sp³-hybridized carbons (Fsp3) is 0.300. The first-order valence-electron chi connectivity index (χ1n) is 9.44. The van der Waals surface area contributed by atoms with Gasteiger partial charge in [0.1, 0.15) is 12.0 Å². The normalized spacial score (nSPS) is 12.5. The average molecular weight is 429 g/mol. The van der Waals surface area contributed by atoms with Gasteiger partial charge in [-0.15, -0.1) is 5.10 Å². The molecule has 1 atom stereocenters. The highest BCUT2D eigenvalue weighted by molar-refractivity contribution is 6.32. The number of fused-ring (bicyclic) bond motifs is 1. The van der Waals surface area contributed by atoms with Crippen molar-refractivity contribution in [3.05, 3.63) is 57.3 Å². The second-order valence-electron chi connectivity index (χ2n) is 7.25. The molecule has 30 heavy (non-hydrogen) atoms. The van der Waals surface area contributed by atoms with Gasteiger partial charge in [-0.2, -0.15) is 9.67 Å². The summed E-state index contributed by atoms with van der Waals surface area (Å²) in [6, 6.07) is 5.21. The molecule has 0 spiro atoms. The van der Waals surface area contributed by atoms with Gasteiger partial charge in [-0.1, -0.05) is 16.8 Å².